The number of ether oxygens (including phenoxy) is 1. The van der Waals surface area contributed by atoms with E-state index >= 15 is 0 Å². The van der Waals surface area contributed by atoms with Crippen molar-refractivity contribution in [2.24, 2.45) is 0 Å². The zero-order valence-electron chi connectivity index (χ0n) is 15.7. The second-order valence-electron chi connectivity index (χ2n) is 6.54. The quantitative estimate of drug-likeness (QED) is 0.504. The summed E-state index contributed by atoms with van der Waals surface area (Å²) in [5.41, 5.74) is 0.848. The summed E-state index contributed by atoms with van der Waals surface area (Å²) < 4.78 is 5.17. The van der Waals surface area contributed by atoms with E-state index in [-0.39, 0.29) is 10.4 Å². The van der Waals surface area contributed by atoms with Crippen LogP contribution in [0.1, 0.15) is 21.1 Å². The fourth-order valence-electron chi connectivity index (χ4n) is 3.16. The number of nitrogens with zero attached hydrogens (tertiary/aromatic N) is 1. The SMILES string of the molecule is Cc1nc2sc(C(=O)OCC(=O)Nc3cccc4ccccc34)c(C)c2c(=O)[nH]1. The van der Waals surface area contributed by atoms with E-state index in [9.17, 15) is 14.4 Å². The van der Waals surface area contributed by atoms with Crippen LogP contribution in [-0.2, 0) is 9.53 Å². The number of esters is 1. The van der Waals surface area contributed by atoms with Gasteiger partial charge in [-0.2, -0.15) is 0 Å². The Morgan fingerprint density at radius 3 is 2.72 bits per heavy atom. The Morgan fingerprint density at radius 1 is 1.14 bits per heavy atom. The Labute approximate surface area is 169 Å². The van der Waals surface area contributed by atoms with Gasteiger partial charge >= 0.3 is 5.97 Å². The number of amides is 1. The minimum atomic E-state index is -0.657. The molecule has 0 aliphatic carbocycles. The average molecular weight is 407 g/mol. The number of aryl methyl sites for hydroxylation is 2. The molecule has 0 atom stereocenters. The van der Waals surface area contributed by atoms with Crippen molar-refractivity contribution in [1.29, 1.82) is 0 Å². The first-order chi connectivity index (χ1) is 13.9. The van der Waals surface area contributed by atoms with Crippen molar-refractivity contribution in [2.45, 2.75) is 13.8 Å². The zero-order chi connectivity index (χ0) is 20.5. The van der Waals surface area contributed by atoms with Gasteiger partial charge in [-0.15, -0.1) is 11.3 Å². The maximum absolute atomic E-state index is 12.5. The number of carbonyl (C=O) groups is 2. The number of nitrogens with one attached hydrogen (secondary N) is 2. The smallest absolute Gasteiger partial charge is 0.349 e. The molecule has 0 spiro atoms. The maximum Gasteiger partial charge on any atom is 0.349 e. The minimum Gasteiger partial charge on any atom is -0.451 e. The molecule has 0 saturated heterocycles. The van der Waals surface area contributed by atoms with Crippen LogP contribution >= 0.6 is 11.3 Å². The molecule has 4 aromatic rings. The number of aromatic nitrogens is 2. The number of rotatable bonds is 4. The van der Waals surface area contributed by atoms with Crippen molar-refractivity contribution >= 4 is 49.9 Å². The fraction of sp³-hybridized carbons (Fsp3) is 0.143. The molecule has 1 amide bonds. The summed E-state index contributed by atoms with van der Waals surface area (Å²) in [5.74, 6) is -0.631. The van der Waals surface area contributed by atoms with Gasteiger partial charge in [-0.3, -0.25) is 9.59 Å². The molecule has 4 rings (SSSR count). The first-order valence-electron chi connectivity index (χ1n) is 8.89. The summed E-state index contributed by atoms with van der Waals surface area (Å²) >= 11 is 1.08. The summed E-state index contributed by atoms with van der Waals surface area (Å²) in [5, 5.41) is 5.03. The van der Waals surface area contributed by atoms with Gasteiger partial charge in [0.25, 0.3) is 11.5 Å². The third-order valence-corrected chi connectivity index (χ3v) is 5.67. The lowest BCUT2D eigenvalue weighted by atomic mass is 10.1. The second-order valence-corrected chi connectivity index (χ2v) is 7.54. The molecular formula is C21H17N3O4S. The zero-order valence-corrected chi connectivity index (χ0v) is 16.6. The summed E-state index contributed by atoms with van der Waals surface area (Å²) in [6, 6.07) is 13.3. The van der Waals surface area contributed by atoms with Crippen LogP contribution in [0.15, 0.2) is 47.3 Å². The number of anilines is 1. The van der Waals surface area contributed by atoms with Gasteiger partial charge in [0.05, 0.1) is 5.39 Å². The van der Waals surface area contributed by atoms with Crippen LogP contribution in [0.25, 0.3) is 21.0 Å². The number of carbonyl (C=O) groups excluding carboxylic acids is 2. The molecular weight excluding hydrogens is 390 g/mol. The third kappa shape index (κ3) is 3.62. The molecule has 0 saturated carbocycles. The van der Waals surface area contributed by atoms with E-state index in [1.807, 2.05) is 36.4 Å². The molecule has 146 valence electrons. The number of hydrogen-bond donors (Lipinski definition) is 2. The monoisotopic (exact) mass is 407 g/mol. The summed E-state index contributed by atoms with van der Waals surface area (Å²) in [7, 11) is 0. The highest BCUT2D eigenvalue weighted by molar-refractivity contribution is 7.20. The van der Waals surface area contributed by atoms with Crippen LogP contribution in [0.2, 0.25) is 0 Å². The number of hydrogen-bond acceptors (Lipinski definition) is 6. The van der Waals surface area contributed by atoms with Gasteiger partial charge in [0, 0.05) is 11.1 Å². The summed E-state index contributed by atoms with van der Waals surface area (Å²) in [6.45, 7) is 2.90. The molecule has 0 bridgehead atoms. The van der Waals surface area contributed by atoms with Crippen molar-refractivity contribution < 1.29 is 14.3 Å². The van der Waals surface area contributed by atoms with Gasteiger partial charge in [0.2, 0.25) is 0 Å². The van der Waals surface area contributed by atoms with Gasteiger partial charge in [0.15, 0.2) is 6.61 Å². The van der Waals surface area contributed by atoms with Crippen LogP contribution in [0.3, 0.4) is 0 Å². The van der Waals surface area contributed by atoms with E-state index in [1.165, 1.54) is 0 Å². The van der Waals surface area contributed by atoms with Gasteiger partial charge in [0.1, 0.15) is 15.5 Å². The van der Waals surface area contributed by atoms with Crippen LogP contribution in [0.5, 0.6) is 0 Å². The molecule has 7 nitrogen and oxygen atoms in total. The molecule has 0 radical (unpaired) electrons. The lowest BCUT2D eigenvalue weighted by Gasteiger charge is -2.09. The molecule has 0 aliphatic heterocycles. The van der Waals surface area contributed by atoms with E-state index < -0.39 is 18.5 Å². The number of aromatic amines is 1. The number of fused-ring (bicyclic) bond motifs is 2. The molecule has 2 N–H and O–H groups in total. The van der Waals surface area contributed by atoms with Gasteiger partial charge < -0.3 is 15.0 Å². The highest BCUT2D eigenvalue weighted by atomic mass is 32.1. The lowest BCUT2D eigenvalue weighted by Crippen LogP contribution is -2.21. The van der Waals surface area contributed by atoms with Crippen LogP contribution in [-0.4, -0.2) is 28.5 Å². The van der Waals surface area contributed by atoms with Gasteiger partial charge in [-0.1, -0.05) is 36.4 Å². The molecule has 2 aromatic carbocycles. The van der Waals surface area contributed by atoms with E-state index in [2.05, 4.69) is 15.3 Å². The summed E-state index contributed by atoms with van der Waals surface area (Å²) in [4.78, 5) is 44.5. The largest absolute Gasteiger partial charge is 0.451 e. The van der Waals surface area contributed by atoms with Crippen LogP contribution in [0.4, 0.5) is 5.69 Å². The maximum atomic E-state index is 12.5. The van der Waals surface area contributed by atoms with Crippen LogP contribution in [0, 0.1) is 13.8 Å². The number of thiophene rings is 1. The lowest BCUT2D eigenvalue weighted by molar-refractivity contribution is -0.119. The topological polar surface area (TPSA) is 101 Å². The van der Waals surface area contributed by atoms with Gasteiger partial charge in [-0.25, -0.2) is 9.78 Å². The van der Waals surface area contributed by atoms with Crippen molar-refractivity contribution in [2.75, 3.05) is 11.9 Å². The van der Waals surface area contributed by atoms with Crippen molar-refractivity contribution in [1.82, 2.24) is 9.97 Å². The Morgan fingerprint density at radius 2 is 1.90 bits per heavy atom. The fourth-order valence-corrected chi connectivity index (χ4v) is 4.28. The standard InChI is InChI=1S/C21H17N3O4S/c1-11-17-19(26)22-12(2)23-20(17)29-18(11)21(27)28-10-16(25)24-15-9-5-7-13-6-3-4-8-14(13)15/h3-9H,10H2,1-2H3,(H,24,25)(H,22,23,26). The molecule has 2 heterocycles. The third-order valence-electron chi connectivity index (χ3n) is 4.50. The predicted molar refractivity (Wildman–Crippen MR) is 113 cm³/mol. The highest BCUT2D eigenvalue weighted by Crippen LogP contribution is 2.27. The molecule has 0 aliphatic rings. The predicted octanol–water partition coefficient (Wildman–Crippen LogP) is 3.55. The number of benzene rings is 2. The van der Waals surface area contributed by atoms with Crippen molar-refractivity contribution in [3.63, 3.8) is 0 Å². The Hall–Kier alpha value is -3.52. The van der Waals surface area contributed by atoms with E-state index in [1.54, 1.807) is 19.9 Å². The van der Waals surface area contributed by atoms with Gasteiger partial charge in [-0.05, 0) is 30.9 Å². The average Bonchev–Trinajstić information content (AvgIpc) is 3.03. The normalized spacial score (nSPS) is 11.0. The summed E-state index contributed by atoms with van der Waals surface area (Å²) in [6.07, 6.45) is 0. The molecule has 2 aromatic heterocycles. The minimum absolute atomic E-state index is 0.265. The van der Waals surface area contributed by atoms with E-state index in [0.717, 1.165) is 22.1 Å². The van der Waals surface area contributed by atoms with Crippen molar-refractivity contribution in [3.8, 4) is 0 Å². The first-order valence-corrected chi connectivity index (χ1v) is 9.70. The molecule has 29 heavy (non-hydrogen) atoms. The Bertz CT molecular complexity index is 1320. The van der Waals surface area contributed by atoms with Crippen LogP contribution < -0.4 is 10.9 Å². The highest BCUT2D eigenvalue weighted by Gasteiger charge is 2.21. The van der Waals surface area contributed by atoms with Crippen molar-refractivity contribution in [3.05, 3.63) is 69.1 Å². The van der Waals surface area contributed by atoms with E-state index in [4.69, 9.17) is 4.74 Å². The first kappa shape index (κ1) is 18.8. The Kier molecular flexibility index (Phi) is 4.85. The molecule has 0 unspecified atom stereocenters. The Balaban J connectivity index is 1.49. The molecule has 0 fully saturated rings. The van der Waals surface area contributed by atoms with E-state index in [0.29, 0.717) is 27.3 Å². The molecule has 8 heteroatoms. The second kappa shape index (κ2) is 7.48. The number of H-pyrrole nitrogens is 1.